The number of phenols is 1. The van der Waals surface area contributed by atoms with Gasteiger partial charge in [-0.2, -0.15) is 0 Å². The standard InChI is InChI=1S/C12H12O2.C6H6O.CH4/c13-12(14)8-6-11(7-9-12)10-4-2-1-3-5-10;7-6-4-2-1-3-5-6;/h1-8,13-14H,9H2;1-5,7H;1H4. The summed E-state index contributed by atoms with van der Waals surface area (Å²) in [6.45, 7) is 0. The van der Waals surface area contributed by atoms with Crippen LogP contribution in [-0.2, 0) is 0 Å². The highest BCUT2D eigenvalue weighted by Gasteiger charge is 2.20. The minimum Gasteiger partial charge on any atom is -0.508 e. The number of aliphatic hydroxyl groups is 2. The Kier molecular flexibility index (Phi) is 6.57. The topological polar surface area (TPSA) is 60.7 Å². The van der Waals surface area contributed by atoms with Gasteiger partial charge in [0.15, 0.2) is 5.79 Å². The molecule has 0 spiro atoms. The highest BCUT2D eigenvalue weighted by Crippen LogP contribution is 2.24. The van der Waals surface area contributed by atoms with Crippen molar-refractivity contribution in [3.63, 3.8) is 0 Å². The Morgan fingerprint density at radius 3 is 1.77 bits per heavy atom. The lowest BCUT2D eigenvalue weighted by molar-refractivity contribution is -0.114. The van der Waals surface area contributed by atoms with Gasteiger partial charge in [0.1, 0.15) is 5.75 Å². The normalized spacial score (nSPS) is 14.9. The van der Waals surface area contributed by atoms with E-state index in [1.807, 2.05) is 42.5 Å². The van der Waals surface area contributed by atoms with Crippen molar-refractivity contribution in [2.24, 2.45) is 0 Å². The summed E-state index contributed by atoms with van der Waals surface area (Å²) in [6.07, 6.45) is 5.22. The van der Waals surface area contributed by atoms with E-state index in [9.17, 15) is 10.2 Å². The predicted molar refractivity (Wildman–Crippen MR) is 90.2 cm³/mol. The van der Waals surface area contributed by atoms with Crippen molar-refractivity contribution in [3.8, 4) is 5.75 Å². The van der Waals surface area contributed by atoms with Crippen LogP contribution in [0.5, 0.6) is 5.75 Å². The summed E-state index contributed by atoms with van der Waals surface area (Å²) in [7, 11) is 0. The fourth-order valence-electron chi connectivity index (χ4n) is 1.89. The van der Waals surface area contributed by atoms with Gasteiger partial charge in [0.2, 0.25) is 0 Å². The van der Waals surface area contributed by atoms with E-state index in [4.69, 9.17) is 5.11 Å². The van der Waals surface area contributed by atoms with Crippen molar-refractivity contribution >= 4 is 5.57 Å². The number of allylic oxidation sites excluding steroid dienone is 2. The fourth-order valence-corrected chi connectivity index (χ4v) is 1.89. The van der Waals surface area contributed by atoms with Crippen molar-refractivity contribution in [2.45, 2.75) is 19.6 Å². The average Bonchev–Trinajstić information content (AvgIpc) is 2.49. The van der Waals surface area contributed by atoms with E-state index in [1.165, 1.54) is 6.08 Å². The molecule has 0 saturated heterocycles. The van der Waals surface area contributed by atoms with Crippen LogP contribution in [0.1, 0.15) is 19.4 Å². The molecular weight excluding hydrogens is 276 g/mol. The molecule has 0 atom stereocenters. The first-order valence-electron chi connectivity index (χ1n) is 6.70. The molecule has 0 radical (unpaired) electrons. The third-order valence-electron chi connectivity index (χ3n) is 3.02. The first kappa shape index (κ1) is 17.7. The van der Waals surface area contributed by atoms with E-state index in [2.05, 4.69) is 0 Å². The van der Waals surface area contributed by atoms with Gasteiger partial charge in [-0.3, -0.25) is 0 Å². The summed E-state index contributed by atoms with van der Waals surface area (Å²) >= 11 is 0. The Bertz CT molecular complexity index is 614. The Labute approximate surface area is 131 Å². The largest absolute Gasteiger partial charge is 0.508 e. The summed E-state index contributed by atoms with van der Waals surface area (Å²) in [6, 6.07) is 18.6. The lowest BCUT2D eigenvalue weighted by Gasteiger charge is -2.19. The highest BCUT2D eigenvalue weighted by atomic mass is 16.5. The van der Waals surface area contributed by atoms with Gasteiger partial charge in [0.25, 0.3) is 0 Å². The van der Waals surface area contributed by atoms with Crippen LogP contribution in [0.25, 0.3) is 5.57 Å². The number of benzene rings is 2. The van der Waals surface area contributed by atoms with Crippen LogP contribution in [0.2, 0.25) is 0 Å². The summed E-state index contributed by atoms with van der Waals surface area (Å²) < 4.78 is 0. The molecule has 1 aliphatic carbocycles. The Hall–Kier alpha value is -2.36. The summed E-state index contributed by atoms with van der Waals surface area (Å²) in [5, 5.41) is 27.2. The van der Waals surface area contributed by atoms with Crippen molar-refractivity contribution < 1.29 is 15.3 Å². The molecule has 0 aliphatic heterocycles. The smallest absolute Gasteiger partial charge is 0.186 e. The van der Waals surface area contributed by atoms with Crippen LogP contribution in [0, 0.1) is 0 Å². The minimum absolute atomic E-state index is 0. The maximum Gasteiger partial charge on any atom is 0.186 e. The maximum absolute atomic E-state index is 9.26. The lowest BCUT2D eigenvalue weighted by atomic mass is 9.97. The molecule has 0 aromatic heterocycles. The van der Waals surface area contributed by atoms with Crippen LogP contribution < -0.4 is 0 Å². The molecule has 3 N–H and O–H groups in total. The first-order valence-corrected chi connectivity index (χ1v) is 6.70. The molecule has 116 valence electrons. The molecular formula is C19H22O3. The van der Waals surface area contributed by atoms with Crippen LogP contribution in [0.3, 0.4) is 0 Å². The van der Waals surface area contributed by atoms with Gasteiger partial charge in [0, 0.05) is 6.42 Å². The summed E-state index contributed by atoms with van der Waals surface area (Å²) in [5.74, 6) is -1.35. The van der Waals surface area contributed by atoms with Crippen molar-refractivity contribution in [1.82, 2.24) is 0 Å². The minimum atomic E-state index is -1.67. The van der Waals surface area contributed by atoms with Gasteiger partial charge in [-0.05, 0) is 29.3 Å². The van der Waals surface area contributed by atoms with Gasteiger partial charge in [0.05, 0.1) is 0 Å². The second-order valence-electron chi connectivity index (χ2n) is 4.78. The number of phenolic OH excluding ortho intramolecular Hbond substituents is 1. The van der Waals surface area contributed by atoms with Gasteiger partial charge in [-0.15, -0.1) is 0 Å². The van der Waals surface area contributed by atoms with E-state index >= 15 is 0 Å². The zero-order valence-electron chi connectivity index (χ0n) is 11.6. The Balaban J connectivity index is 0.000000258. The van der Waals surface area contributed by atoms with Crippen LogP contribution in [0.4, 0.5) is 0 Å². The summed E-state index contributed by atoms with van der Waals surface area (Å²) in [5.41, 5.74) is 2.13. The highest BCUT2D eigenvalue weighted by molar-refractivity contribution is 5.75. The number of rotatable bonds is 1. The van der Waals surface area contributed by atoms with Crippen LogP contribution >= 0.6 is 0 Å². The fraction of sp³-hybridized carbons (Fsp3) is 0.158. The second-order valence-corrected chi connectivity index (χ2v) is 4.78. The number of hydrogen-bond acceptors (Lipinski definition) is 3. The molecule has 0 heterocycles. The van der Waals surface area contributed by atoms with E-state index < -0.39 is 5.79 Å². The zero-order chi connectivity index (χ0) is 15.1. The predicted octanol–water partition coefficient (Wildman–Crippen LogP) is 3.74. The summed E-state index contributed by atoms with van der Waals surface area (Å²) in [4.78, 5) is 0. The first-order chi connectivity index (χ1) is 10.1. The quantitative estimate of drug-likeness (QED) is 0.703. The number of hydrogen-bond donors (Lipinski definition) is 3. The molecule has 0 bridgehead atoms. The Morgan fingerprint density at radius 1 is 0.818 bits per heavy atom. The van der Waals surface area contributed by atoms with E-state index in [-0.39, 0.29) is 13.8 Å². The van der Waals surface area contributed by atoms with Gasteiger partial charge < -0.3 is 15.3 Å². The molecule has 1 aliphatic rings. The van der Waals surface area contributed by atoms with E-state index in [0.717, 1.165) is 11.1 Å². The van der Waals surface area contributed by atoms with Crippen LogP contribution in [0.15, 0.2) is 78.9 Å². The molecule has 3 nitrogen and oxygen atoms in total. The molecule has 0 fully saturated rings. The zero-order valence-corrected chi connectivity index (χ0v) is 11.6. The van der Waals surface area contributed by atoms with Gasteiger partial charge in [-0.1, -0.05) is 68.1 Å². The molecule has 2 aromatic carbocycles. The van der Waals surface area contributed by atoms with Gasteiger partial charge in [-0.25, -0.2) is 0 Å². The monoisotopic (exact) mass is 298 g/mol. The molecule has 2 aromatic rings. The molecule has 0 amide bonds. The van der Waals surface area contributed by atoms with Crippen molar-refractivity contribution in [3.05, 3.63) is 84.5 Å². The molecule has 3 heteroatoms. The third kappa shape index (κ3) is 5.56. The lowest BCUT2D eigenvalue weighted by Crippen LogP contribution is -2.25. The number of para-hydroxylation sites is 1. The maximum atomic E-state index is 9.26. The average molecular weight is 298 g/mol. The van der Waals surface area contributed by atoms with Gasteiger partial charge >= 0.3 is 0 Å². The van der Waals surface area contributed by atoms with Crippen molar-refractivity contribution in [1.29, 1.82) is 0 Å². The van der Waals surface area contributed by atoms with Crippen LogP contribution in [-0.4, -0.2) is 21.1 Å². The Morgan fingerprint density at radius 2 is 1.36 bits per heavy atom. The third-order valence-corrected chi connectivity index (χ3v) is 3.02. The molecule has 0 saturated carbocycles. The number of aromatic hydroxyl groups is 1. The second kappa shape index (κ2) is 8.17. The van der Waals surface area contributed by atoms with E-state index in [1.54, 1.807) is 30.3 Å². The van der Waals surface area contributed by atoms with Crippen molar-refractivity contribution in [2.75, 3.05) is 0 Å². The van der Waals surface area contributed by atoms with E-state index in [0.29, 0.717) is 5.75 Å². The molecule has 3 rings (SSSR count). The molecule has 0 unspecified atom stereocenters. The molecule has 22 heavy (non-hydrogen) atoms. The SMILES string of the molecule is C.OC1(O)C=CC(c2ccccc2)=CC1.Oc1ccccc1.